The molecule has 0 radical (unpaired) electrons. The molecule has 0 aromatic carbocycles. The number of ether oxygens (including phenoxy) is 1. The summed E-state index contributed by atoms with van der Waals surface area (Å²) >= 11 is 5.90. The topological polar surface area (TPSA) is 47.0 Å². The van der Waals surface area contributed by atoms with Crippen LogP contribution in [0.15, 0.2) is 6.33 Å². The average molecular weight is 228 g/mol. The van der Waals surface area contributed by atoms with Gasteiger partial charge in [0.15, 0.2) is 0 Å². The Morgan fingerprint density at radius 2 is 2.20 bits per heavy atom. The van der Waals surface area contributed by atoms with Crippen LogP contribution >= 0.6 is 11.6 Å². The lowest BCUT2D eigenvalue weighted by Crippen LogP contribution is -2.40. The van der Waals surface area contributed by atoms with Crippen molar-refractivity contribution < 1.29 is 4.74 Å². The Hall–Kier alpha value is -0.870. The number of hydrogen-bond acceptors (Lipinski definition) is 4. The Kier molecular flexibility index (Phi) is 3.07. The van der Waals surface area contributed by atoms with Crippen LogP contribution in [0.4, 0.5) is 5.82 Å². The van der Waals surface area contributed by atoms with Crippen LogP contribution in [0.3, 0.4) is 0 Å². The summed E-state index contributed by atoms with van der Waals surface area (Å²) in [5, 5.41) is 3.85. The maximum Gasteiger partial charge on any atom is 0.137 e. The van der Waals surface area contributed by atoms with E-state index in [4.69, 9.17) is 16.3 Å². The first kappa shape index (κ1) is 10.6. The molecule has 1 fully saturated rings. The molecule has 1 aliphatic rings. The summed E-state index contributed by atoms with van der Waals surface area (Å²) in [6, 6.07) is 0.444. The summed E-state index contributed by atoms with van der Waals surface area (Å²) in [5.74, 6) is 0.828. The summed E-state index contributed by atoms with van der Waals surface area (Å²) < 4.78 is 5.21. The molecular weight excluding hydrogens is 214 g/mol. The van der Waals surface area contributed by atoms with Gasteiger partial charge in [-0.2, -0.15) is 0 Å². The van der Waals surface area contributed by atoms with Gasteiger partial charge in [0.1, 0.15) is 17.3 Å². The average Bonchev–Trinajstić information content (AvgIpc) is 2.17. The van der Waals surface area contributed by atoms with E-state index < -0.39 is 0 Å². The maximum absolute atomic E-state index is 5.90. The number of nitrogens with one attached hydrogen (secondary N) is 1. The van der Waals surface area contributed by atoms with Gasteiger partial charge in [0, 0.05) is 18.7 Å². The Morgan fingerprint density at radius 3 is 2.87 bits per heavy atom. The molecule has 0 aliphatic heterocycles. The monoisotopic (exact) mass is 227 g/mol. The molecule has 1 aromatic heterocycles. The smallest absolute Gasteiger partial charge is 0.137 e. The number of hydrogen-bond donors (Lipinski definition) is 1. The lowest BCUT2D eigenvalue weighted by Gasteiger charge is -2.35. The van der Waals surface area contributed by atoms with Crippen molar-refractivity contribution in [2.45, 2.75) is 31.9 Å². The van der Waals surface area contributed by atoms with Gasteiger partial charge >= 0.3 is 0 Å². The lowest BCUT2D eigenvalue weighted by atomic mass is 9.89. The number of rotatable bonds is 3. The van der Waals surface area contributed by atoms with Crippen LogP contribution in [0.2, 0.25) is 5.15 Å². The van der Waals surface area contributed by atoms with E-state index in [0.717, 1.165) is 24.2 Å². The minimum absolute atomic E-state index is 0.389. The van der Waals surface area contributed by atoms with Gasteiger partial charge in [-0.15, -0.1) is 0 Å². The van der Waals surface area contributed by atoms with Gasteiger partial charge < -0.3 is 10.1 Å². The fourth-order valence-electron chi connectivity index (χ4n) is 1.64. The highest BCUT2D eigenvalue weighted by Gasteiger charge is 2.29. The van der Waals surface area contributed by atoms with Crippen molar-refractivity contribution in [2.24, 2.45) is 0 Å². The first-order chi connectivity index (χ1) is 7.20. The van der Waals surface area contributed by atoms with Gasteiger partial charge in [-0.3, -0.25) is 0 Å². The van der Waals surface area contributed by atoms with E-state index in [9.17, 15) is 0 Å². The van der Waals surface area contributed by atoms with Crippen molar-refractivity contribution >= 4 is 17.4 Å². The van der Waals surface area contributed by atoms with Crippen LogP contribution in [-0.2, 0) is 4.74 Å². The highest BCUT2D eigenvalue weighted by atomic mass is 35.5. The van der Waals surface area contributed by atoms with Gasteiger partial charge in [-0.25, -0.2) is 9.97 Å². The third-order valence-electron chi connectivity index (χ3n) is 2.79. The lowest BCUT2D eigenvalue weighted by molar-refractivity contribution is 0.0328. The van der Waals surface area contributed by atoms with Crippen LogP contribution in [0, 0.1) is 6.92 Å². The van der Waals surface area contributed by atoms with E-state index in [1.807, 2.05) is 6.92 Å². The molecule has 1 aromatic rings. The van der Waals surface area contributed by atoms with Crippen molar-refractivity contribution in [1.82, 2.24) is 9.97 Å². The second kappa shape index (κ2) is 4.33. The molecule has 0 amide bonds. The van der Waals surface area contributed by atoms with Crippen LogP contribution in [0.5, 0.6) is 0 Å². The molecule has 1 heterocycles. The molecule has 2 rings (SSSR count). The molecule has 15 heavy (non-hydrogen) atoms. The van der Waals surface area contributed by atoms with Crippen LogP contribution in [0.25, 0.3) is 0 Å². The van der Waals surface area contributed by atoms with Crippen LogP contribution < -0.4 is 5.32 Å². The molecule has 0 spiro atoms. The van der Waals surface area contributed by atoms with Gasteiger partial charge in [0.25, 0.3) is 0 Å². The van der Waals surface area contributed by atoms with E-state index in [2.05, 4.69) is 15.3 Å². The predicted octanol–water partition coefficient (Wildman–Crippen LogP) is 2.03. The van der Waals surface area contributed by atoms with E-state index in [1.54, 1.807) is 7.11 Å². The summed E-state index contributed by atoms with van der Waals surface area (Å²) in [6.45, 7) is 1.91. The van der Waals surface area contributed by atoms with Crippen molar-refractivity contribution in [3.05, 3.63) is 17.0 Å². The second-order valence-electron chi connectivity index (χ2n) is 3.81. The molecule has 5 heteroatoms. The fourth-order valence-corrected chi connectivity index (χ4v) is 1.78. The Labute approximate surface area is 94.0 Å². The standard InChI is InChI=1S/C10H14ClN3O/c1-6-9(11)12-5-13-10(6)14-7-3-8(4-7)15-2/h5,7-8H,3-4H2,1-2H3,(H,12,13,14). The summed E-state index contributed by atoms with van der Waals surface area (Å²) in [7, 11) is 1.74. The van der Waals surface area contributed by atoms with Crippen molar-refractivity contribution in [3.8, 4) is 0 Å². The highest BCUT2D eigenvalue weighted by molar-refractivity contribution is 6.30. The molecule has 1 saturated carbocycles. The van der Waals surface area contributed by atoms with Gasteiger partial charge in [-0.1, -0.05) is 11.6 Å². The first-order valence-electron chi connectivity index (χ1n) is 4.97. The largest absolute Gasteiger partial charge is 0.381 e. The molecular formula is C10H14ClN3O. The highest BCUT2D eigenvalue weighted by Crippen LogP contribution is 2.27. The fraction of sp³-hybridized carbons (Fsp3) is 0.600. The zero-order chi connectivity index (χ0) is 10.8. The third kappa shape index (κ3) is 2.21. The maximum atomic E-state index is 5.90. The molecule has 0 atom stereocenters. The molecule has 0 bridgehead atoms. The van der Waals surface area contributed by atoms with E-state index in [-0.39, 0.29) is 0 Å². The van der Waals surface area contributed by atoms with E-state index in [1.165, 1.54) is 6.33 Å². The zero-order valence-corrected chi connectivity index (χ0v) is 9.58. The van der Waals surface area contributed by atoms with E-state index >= 15 is 0 Å². The zero-order valence-electron chi connectivity index (χ0n) is 8.83. The van der Waals surface area contributed by atoms with Gasteiger partial charge in [0.2, 0.25) is 0 Å². The summed E-state index contributed by atoms with van der Waals surface area (Å²) in [4.78, 5) is 8.08. The van der Waals surface area contributed by atoms with Crippen LogP contribution in [-0.4, -0.2) is 29.2 Å². The quantitative estimate of drug-likeness (QED) is 0.803. The molecule has 82 valence electrons. The summed E-state index contributed by atoms with van der Waals surface area (Å²) in [5.41, 5.74) is 0.903. The van der Waals surface area contributed by atoms with Crippen molar-refractivity contribution in [2.75, 3.05) is 12.4 Å². The minimum Gasteiger partial charge on any atom is -0.381 e. The first-order valence-corrected chi connectivity index (χ1v) is 5.35. The van der Waals surface area contributed by atoms with Gasteiger partial charge in [0.05, 0.1) is 6.10 Å². The van der Waals surface area contributed by atoms with Gasteiger partial charge in [-0.05, 0) is 19.8 Å². The number of nitrogens with zero attached hydrogens (tertiary/aromatic N) is 2. The summed E-state index contributed by atoms with van der Waals surface area (Å²) in [6.07, 6.45) is 3.92. The molecule has 0 saturated heterocycles. The minimum atomic E-state index is 0.389. The van der Waals surface area contributed by atoms with E-state index in [0.29, 0.717) is 17.3 Å². The molecule has 1 N–H and O–H groups in total. The number of methoxy groups -OCH3 is 1. The number of aromatic nitrogens is 2. The molecule has 0 unspecified atom stereocenters. The third-order valence-corrected chi connectivity index (χ3v) is 3.17. The number of anilines is 1. The molecule has 1 aliphatic carbocycles. The van der Waals surface area contributed by atoms with Crippen molar-refractivity contribution in [3.63, 3.8) is 0 Å². The van der Waals surface area contributed by atoms with Crippen LogP contribution in [0.1, 0.15) is 18.4 Å². The molecule has 4 nitrogen and oxygen atoms in total. The van der Waals surface area contributed by atoms with Crippen molar-refractivity contribution in [1.29, 1.82) is 0 Å². The number of halogens is 1. The second-order valence-corrected chi connectivity index (χ2v) is 4.17. The normalized spacial score (nSPS) is 24.7. The Morgan fingerprint density at radius 1 is 1.47 bits per heavy atom. The SMILES string of the molecule is COC1CC(Nc2ncnc(Cl)c2C)C1. The Bertz CT molecular complexity index is 353. The predicted molar refractivity (Wildman–Crippen MR) is 59.2 cm³/mol. The Balaban J connectivity index is 1.97.